The number of hydrogen-bond acceptors (Lipinski definition) is 5. The van der Waals surface area contributed by atoms with Gasteiger partial charge in [-0.25, -0.2) is 9.67 Å². The molecule has 6 nitrogen and oxygen atoms in total. The van der Waals surface area contributed by atoms with Crippen LogP contribution in [0.15, 0.2) is 54.7 Å². The lowest BCUT2D eigenvalue weighted by molar-refractivity contribution is 0.608. The van der Waals surface area contributed by atoms with Gasteiger partial charge in [0.1, 0.15) is 0 Å². The third-order valence-corrected chi connectivity index (χ3v) is 5.38. The summed E-state index contributed by atoms with van der Waals surface area (Å²) in [5.41, 5.74) is 4.24. The fourth-order valence-corrected chi connectivity index (χ4v) is 3.49. The Balaban J connectivity index is 1.57. The smallest absolute Gasteiger partial charge is 0.154 e. The maximum absolute atomic E-state index is 6.08. The van der Waals surface area contributed by atoms with E-state index in [1.165, 1.54) is 0 Å². The highest BCUT2D eigenvalue weighted by molar-refractivity contribution is 6.31. The second kappa shape index (κ2) is 7.54. The van der Waals surface area contributed by atoms with Crippen LogP contribution < -0.4 is 0 Å². The number of hydrogen-bond donors (Lipinski definition) is 0. The molecule has 29 heavy (non-hydrogen) atoms. The molecule has 0 saturated heterocycles. The van der Waals surface area contributed by atoms with Gasteiger partial charge >= 0.3 is 0 Å². The fourth-order valence-electron chi connectivity index (χ4n) is 3.24. The van der Waals surface area contributed by atoms with Crippen LogP contribution in [-0.4, -0.2) is 30.2 Å². The first-order chi connectivity index (χ1) is 14.2. The highest BCUT2D eigenvalue weighted by Crippen LogP contribution is 2.38. The summed E-state index contributed by atoms with van der Waals surface area (Å²) in [4.78, 5) is 9.64. The van der Waals surface area contributed by atoms with Crippen molar-refractivity contribution in [3.63, 3.8) is 0 Å². The fraction of sp³-hybridized carbons (Fsp3) is 0.190. The standard InChI is InChI=1S/C21H16Cl2N6/c22-16-7-3-13(4-8-16)19-20(14-5-9-17(23)10-6-14)25-18(11-24-19)12-29-21(15-1-2-15)26-27-28-29/h3-11,15H,1-2,12H2. The summed E-state index contributed by atoms with van der Waals surface area (Å²) in [5, 5.41) is 13.5. The van der Waals surface area contributed by atoms with Crippen LogP contribution in [0.1, 0.15) is 30.3 Å². The zero-order valence-electron chi connectivity index (χ0n) is 15.3. The molecular formula is C21H16Cl2N6. The van der Waals surface area contributed by atoms with Gasteiger partial charge in [0, 0.05) is 27.1 Å². The molecule has 0 unspecified atom stereocenters. The normalized spacial score (nSPS) is 13.6. The number of rotatable bonds is 5. The van der Waals surface area contributed by atoms with Crippen molar-refractivity contribution >= 4 is 23.2 Å². The van der Waals surface area contributed by atoms with E-state index >= 15 is 0 Å². The quantitative estimate of drug-likeness (QED) is 0.450. The van der Waals surface area contributed by atoms with Crippen LogP contribution in [0.2, 0.25) is 10.0 Å². The van der Waals surface area contributed by atoms with Crippen LogP contribution in [0, 0.1) is 0 Å². The molecule has 1 saturated carbocycles. The number of tetrazole rings is 1. The monoisotopic (exact) mass is 422 g/mol. The van der Waals surface area contributed by atoms with Crippen LogP contribution in [0.5, 0.6) is 0 Å². The van der Waals surface area contributed by atoms with Gasteiger partial charge in [0.2, 0.25) is 0 Å². The summed E-state index contributed by atoms with van der Waals surface area (Å²) < 4.78 is 1.81. The molecule has 0 atom stereocenters. The van der Waals surface area contributed by atoms with Gasteiger partial charge in [0.25, 0.3) is 0 Å². The van der Waals surface area contributed by atoms with Gasteiger partial charge < -0.3 is 0 Å². The Kier molecular flexibility index (Phi) is 4.73. The molecule has 5 rings (SSSR count). The van der Waals surface area contributed by atoms with E-state index in [0.29, 0.717) is 22.5 Å². The molecule has 1 aliphatic carbocycles. The molecule has 0 spiro atoms. The van der Waals surface area contributed by atoms with E-state index in [2.05, 4.69) is 15.5 Å². The van der Waals surface area contributed by atoms with Crippen LogP contribution >= 0.6 is 23.2 Å². The Labute approximate surface area is 177 Å². The molecular weight excluding hydrogens is 407 g/mol. The Hall–Kier alpha value is -2.83. The first-order valence-electron chi connectivity index (χ1n) is 9.31. The van der Waals surface area contributed by atoms with Gasteiger partial charge in [0.15, 0.2) is 5.82 Å². The number of nitrogens with zero attached hydrogens (tertiary/aromatic N) is 6. The average Bonchev–Trinajstić information content (AvgIpc) is 3.48. The van der Waals surface area contributed by atoms with Crippen molar-refractivity contribution < 1.29 is 0 Å². The van der Waals surface area contributed by atoms with E-state index in [1.807, 2.05) is 53.2 Å². The van der Waals surface area contributed by atoms with Crippen molar-refractivity contribution in [1.82, 2.24) is 30.2 Å². The lowest BCUT2D eigenvalue weighted by atomic mass is 10.0. The summed E-state index contributed by atoms with van der Waals surface area (Å²) in [7, 11) is 0. The lowest BCUT2D eigenvalue weighted by Crippen LogP contribution is -2.09. The van der Waals surface area contributed by atoms with Crippen molar-refractivity contribution in [3.8, 4) is 22.5 Å². The second-order valence-electron chi connectivity index (χ2n) is 7.04. The molecule has 1 fully saturated rings. The lowest BCUT2D eigenvalue weighted by Gasteiger charge is -2.11. The zero-order chi connectivity index (χ0) is 19.8. The first kappa shape index (κ1) is 18.2. The Bertz CT molecular complexity index is 1150. The van der Waals surface area contributed by atoms with Crippen LogP contribution in [0.4, 0.5) is 0 Å². The maximum atomic E-state index is 6.08. The van der Waals surface area contributed by atoms with Gasteiger partial charge in [-0.3, -0.25) is 4.98 Å². The highest BCUT2D eigenvalue weighted by atomic mass is 35.5. The molecule has 0 radical (unpaired) electrons. The van der Waals surface area contributed by atoms with E-state index in [9.17, 15) is 0 Å². The third-order valence-electron chi connectivity index (χ3n) is 4.87. The van der Waals surface area contributed by atoms with Gasteiger partial charge in [-0.15, -0.1) is 5.10 Å². The molecule has 0 N–H and O–H groups in total. The van der Waals surface area contributed by atoms with Crippen LogP contribution in [-0.2, 0) is 6.54 Å². The molecule has 2 aromatic heterocycles. The number of benzene rings is 2. The summed E-state index contributed by atoms with van der Waals surface area (Å²) >= 11 is 12.1. The molecule has 4 aromatic rings. The summed E-state index contributed by atoms with van der Waals surface area (Å²) in [6, 6.07) is 15.2. The van der Waals surface area contributed by atoms with Crippen molar-refractivity contribution in [2.75, 3.05) is 0 Å². The molecule has 0 bridgehead atoms. The summed E-state index contributed by atoms with van der Waals surface area (Å²) in [6.07, 6.45) is 4.05. The molecule has 2 heterocycles. The predicted octanol–water partition coefficient (Wildman–Crippen LogP) is 5.03. The van der Waals surface area contributed by atoms with Crippen molar-refractivity contribution in [3.05, 3.63) is 76.3 Å². The maximum Gasteiger partial charge on any atom is 0.154 e. The van der Waals surface area contributed by atoms with Crippen LogP contribution in [0.25, 0.3) is 22.5 Å². The predicted molar refractivity (Wildman–Crippen MR) is 112 cm³/mol. The average molecular weight is 423 g/mol. The Morgan fingerprint density at radius 1 is 0.862 bits per heavy atom. The largest absolute Gasteiger partial charge is 0.252 e. The van der Waals surface area contributed by atoms with Gasteiger partial charge in [-0.1, -0.05) is 47.5 Å². The minimum Gasteiger partial charge on any atom is -0.252 e. The van der Waals surface area contributed by atoms with Crippen molar-refractivity contribution in [2.24, 2.45) is 0 Å². The summed E-state index contributed by atoms with van der Waals surface area (Å²) in [6.45, 7) is 0.479. The molecule has 8 heteroatoms. The second-order valence-corrected chi connectivity index (χ2v) is 7.91. The van der Waals surface area contributed by atoms with E-state index in [0.717, 1.165) is 46.9 Å². The molecule has 2 aromatic carbocycles. The molecule has 144 valence electrons. The first-order valence-corrected chi connectivity index (χ1v) is 10.1. The van der Waals surface area contributed by atoms with Gasteiger partial charge in [-0.05, 0) is 47.5 Å². The topological polar surface area (TPSA) is 69.4 Å². The number of aromatic nitrogens is 6. The number of halogens is 2. The zero-order valence-corrected chi connectivity index (χ0v) is 16.8. The van der Waals surface area contributed by atoms with E-state index in [-0.39, 0.29) is 0 Å². The van der Waals surface area contributed by atoms with Crippen LogP contribution in [0.3, 0.4) is 0 Å². The minimum atomic E-state index is 0.460. The van der Waals surface area contributed by atoms with Gasteiger partial charge in [0.05, 0.1) is 29.8 Å². The molecule has 0 amide bonds. The SMILES string of the molecule is Clc1ccc(-c2ncc(Cn3nnnc3C3CC3)nc2-c2ccc(Cl)cc2)cc1. The Morgan fingerprint density at radius 2 is 1.48 bits per heavy atom. The summed E-state index contributed by atoms with van der Waals surface area (Å²) in [5.74, 6) is 1.38. The Morgan fingerprint density at radius 3 is 2.10 bits per heavy atom. The third kappa shape index (κ3) is 3.86. The molecule has 0 aliphatic heterocycles. The van der Waals surface area contributed by atoms with Crippen molar-refractivity contribution in [1.29, 1.82) is 0 Å². The van der Waals surface area contributed by atoms with E-state index < -0.39 is 0 Å². The minimum absolute atomic E-state index is 0.460. The van der Waals surface area contributed by atoms with Gasteiger partial charge in [-0.2, -0.15) is 0 Å². The van der Waals surface area contributed by atoms with E-state index in [4.69, 9.17) is 33.2 Å². The van der Waals surface area contributed by atoms with E-state index in [1.54, 1.807) is 6.20 Å². The molecule has 1 aliphatic rings. The van der Waals surface area contributed by atoms with Crippen molar-refractivity contribution in [2.45, 2.75) is 25.3 Å². The highest BCUT2D eigenvalue weighted by Gasteiger charge is 2.29.